The molecule has 0 N–H and O–H groups in total. The molecule has 1 aliphatic heterocycles. The third-order valence-electron chi connectivity index (χ3n) is 5.75. The summed E-state index contributed by atoms with van der Waals surface area (Å²) in [6, 6.07) is 9.55. The molecular formula is C24H34N2. The first-order valence-electron chi connectivity index (χ1n) is 10.5. The molecule has 2 aliphatic rings. The van der Waals surface area contributed by atoms with Crippen LogP contribution in [0.15, 0.2) is 36.9 Å². The van der Waals surface area contributed by atoms with Gasteiger partial charge in [0.05, 0.1) is 0 Å². The van der Waals surface area contributed by atoms with Crippen molar-refractivity contribution in [2.75, 3.05) is 26.2 Å². The Balaban J connectivity index is 1.53. The Morgan fingerprint density at radius 1 is 1.12 bits per heavy atom. The van der Waals surface area contributed by atoms with Gasteiger partial charge < -0.3 is 4.90 Å². The fourth-order valence-electron chi connectivity index (χ4n) is 4.32. The number of likely N-dealkylation sites (tertiary alicyclic amines) is 1. The highest BCUT2D eigenvalue weighted by atomic mass is 15.1. The number of nitrogens with zero attached hydrogens (tertiary/aromatic N) is 2. The highest BCUT2D eigenvalue weighted by Crippen LogP contribution is 2.25. The van der Waals surface area contributed by atoms with E-state index in [1.54, 1.807) is 0 Å². The number of hydrogen-bond acceptors (Lipinski definition) is 2. The second-order valence-electron chi connectivity index (χ2n) is 7.81. The minimum Gasteiger partial charge on any atom is -0.302 e. The second kappa shape index (κ2) is 10.6. The first-order valence-corrected chi connectivity index (χ1v) is 10.5. The van der Waals surface area contributed by atoms with Crippen LogP contribution in [-0.4, -0.2) is 42.0 Å². The average Bonchev–Trinajstić information content (AvgIpc) is 3.21. The molecule has 0 atom stereocenters. The van der Waals surface area contributed by atoms with E-state index in [0.29, 0.717) is 0 Å². The molecule has 1 heterocycles. The fraction of sp³-hybridized carbons (Fsp3) is 0.583. The maximum absolute atomic E-state index is 3.95. The van der Waals surface area contributed by atoms with Gasteiger partial charge in [-0.2, -0.15) is 0 Å². The van der Waals surface area contributed by atoms with Gasteiger partial charge in [0.2, 0.25) is 0 Å². The van der Waals surface area contributed by atoms with Crippen LogP contribution in [0.25, 0.3) is 0 Å². The van der Waals surface area contributed by atoms with Crippen molar-refractivity contribution in [3.63, 3.8) is 0 Å². The van der Waals surface area contributed by atoms with Crippen LogP contribution in [0.5, 0.6) is 0 Å². The van der Waals surface area contributed by atoms with Crippen molar-refractivity contribution in [3.05, 3.63) is 48.0 Å². The van der Waals surface area contributed by atoms with Crippen LogP contribution in [-0.2, 0) is 6.54 Å². The third-order valence-corrected chi connectivity index (χ3v) is 5.75. The van der Waals surface area contributed by atoms with Gasteiger partial charge in [-0.25, -0.2) is 0 Å². The Labute approximate surface area is 160 Å². The maximum atomic E-state index is 3.95. The summed E-state index contributed by atoms with van der Waals surface area (Å²) in [5.41, 5.74) is 2.53. The lowest BCUT2D eigenvalue weighted by atomic mass is 10.1. The van der Waals surface area contributed by atoms with Crippen LogP contribution in [0.3, 0.4) is 0 Å². The van der Waals surface area contributed by atoms with Crippen molar-refractivity contribution in [2.24, 2.45) is 0 Å². The molecular weight excluding hydrogens is 316 g/mol. The molecule has 2 heteroatoms. The van der Waals surface area contributed by atoms with Crippen LogP contribution in [0.1, 0.15) is 62.5 Å². The van der Waals surface area contributed by atoms with E-state index in [-0.39, 0.29) is 0 Å². The molecule has 1 aromatic carbocycles. The topological polar surface area (TPSA) is 6.48 Å². The van der Waals surface area contributed by atoms with E-state index in [1.165, 1.54) is 63.6 Å². The van der Waals surface area contributed by atoms with Crippen molar-refractivity contribution < 1.29 is 0 Å². The molecule has 1 saturated carbocycles. The number of piperidine rings is 1. The summed E-state index contributed by atoms with van der Waals surface area (Å²) in [6.07, 6.45) is 12.6. The van der Waals surface area contributed by atoms with Crippen molar-refractivity contribution in [1.29, 1.82) is 0 Å². The van der Waals surface area contributed by atoms with Gasteiger partial charge in [-0.1, -0.05) is 49.3 Å². The zero-order chi connectivity index (χ0) is 18.0. The minimum atomic E-state index is 0.729. The van der Waals surface area contributed by atoms with Crippen LogP contribution in [0.2, 0.25) is 0 Å². The number of benzene rings is 1. The fourth-order valence-corrected chi connectivity index (χ4v) is 4.32. The van der Waals surface area contributed by atoms with Crippen molar-refractivity contribution in [3.8, 4) is 11.8 Å². The van der Waals surface area contributed by atoms with Crippen molar-refractivity contribution in [1.82, 2.24) is 9.80 Å². The van der Waals surface area contributed by atoms with Crippen LogP contribution in [0.4, 0.5) is 0 Å². The molecule has 2 fully saturated rings. The summed E-state index contributed by atoms with van der Waals surface area (Å²) in [5, 5.41) is 0. The van der Waals surface area contributed by atoms with Gasteiger partial charge in [0, 0.05) is 37.7 Å². The molecule has 0 spiro atoms. The van der Waals surface area contributed by atoms with Gasteiger partial charge in [-0.05, 0) is 56.5 Å². The molecule has 0 radical (unpaired) electrons. The standard InChI is InChI=1S/C24H34N2/c1-2-16-26(24-14-4-5-15-24)21-23-13-10-12-22(20-23)11-6-9-19-25-17-7-3-8-18-25/h2,10,12-13,20,24H,1,3-5,7-9,14-19,21H2. The molecule has 0 bridgehead atoms. The zero-order valence-corrected chi connectivity index (χ0v) is 16.3. The predicted octanol–water partition coefficient (Wildman–Crippen LogP) is 4.84. The quantitative estimate of drug-likeness (QED) is 0.512. The number of hydrogen-bond donors (Lipinski definition) is 0. The predicted molar refractivity (Wildman–Crippen MR) is 111 cm³/mol. The van der Waals surface area contributed by atoms with E-state index in [1.807, 2.05) is 6.08 Å². The van der Waals surface area contributed by atoms with E-state index in [2.05, 4.69) is 52.5 Å². The SMILES string of the molecule is C=CCN(Cc1cccc(C#CCCN2CCCCC2)c1)C1CCCC1. The zero-order valence-electron chi connectivity index (χ0n) is 16.3. The summed E-state index contributed by atoms with van der Waals surface area (Å²) in [5.74, 6) is 6.77. The molecule has 0 amide bonds. The average molecular weight is 351 g/mol. The van der Waals surface area contributed by atoms with Crippen LogP contribution in [0, 0.1) is 11.8 Å². The first-order chi connectivity index (χ1) is 12.8. The lowest BCUT2D eigenvalue weighted by molar-refractivity contribution is 0.211. The smallest absolute Gasteiger partial charge is 0.0248 e. The monoisotopic (exact) mass is 350 g/mol. The summed E-state index contributed by atoms with van der Waals surface area (Å²) < 4.78 is 0. The minimum absolute atomic E-state index is 0.729. The molecule has 3 rings (SSSR count). The normalized spacial score (nSPS) is 18.7. The molecule has 26 heavy (non-hydrogen) atoms. The summed E-state index contributed by atoms with van der Waals surface area (Å²) in [4.78, 5) is 5.15. The van der Waals surface area contributed by atoms with E-state index in [4.69, 9.17) is 0 Å². The van der Waals surface area contributed by atoms with Gasteiger partial charge >= 0.3 is 0 Å². The third kappa shape index (κ3) is 6.01. The van der Waals surface area contributed by atoms with Crippen LogP contribution >= 0.6 is 0 Å². The Morgan fingerprint density at radius 2 is 1.92 bits per heavy atom. The van der Waals surface area contributed by atoms with Crippen molar-refractivity contribution >= 4 is 0 Å². The Morgan fingerprint density at radius 3 is 2.69 bits per heavy atom. The summed E-state index contributed by atoms with van der Waals surface area (Å²) in [7, 11) is 0. The lowest BCUT2D eigenvalue weighted by Gasteiger charge is -2.27. The summed E-state index contributed by atoms with van der Waals surface area (Å²) >= 11 is 0. The lowest BCUT2D eigenvalue weighted by Crippen LogP contribution is -2.32. The summed E-state index contributed by atoms with van der Waals surface area (Å²) in [6.45, 7) is 9.60. The molecule has 0 aromatic heterocycles. The first kappa shape index (κ1) is 19.2. The highest BCUT2D eigenvalue weighted by Gasteiger charge is 2.21. The highest BCUT2D eigenvalue weighted by molar-refractivity contribution is 5.37. The molecule has 140 valence electrons. The van der Waals surface area contributed by atoms with Gasteiger partial charge in [0.1, 0.15) is 0 Å². The van der Waals surface area contributed by atoms with E-state index < -0.39 is 0 Å². The Bertz CT molecular complexity index is 613. The molecule has 1 saturated heterocycles. The molecule has 2 nitrogen and oxygen atoms in total. The second-order valence-corrected chi connectivity index (χ2v) is 7.81. The van der Waals surface area contributed by atoms with Crippen LogP contribution < -0.4 is 0 Å². The maximum Gasteiger partial charge on any atom is 0.0248 e. The Hall–Kier alpha value is -1.56. The van der Waals surface area contributed by atoms with Gasteiger partial charge in [0.15, 0.2) is 0 Å². The van der Waals surface area contributed by atoms with Gasteiger partial charge in [-0.15, -0.1) is 6.58 Å². The molecule has 1 aliphatic carbocycles. The van der Waals surface area contributed by atoms with E-state index in [9.17, 15) is 0 Å². The Kier molecular flexibility index (Phi) is 7.80. The number of rotatable bonds is 7. The van der Waals surface area contributed by atoms with E-state index in [0.717, 1.165) is 37.7 Å². The van der Waals surface area contributed by atoms with Gasteiger partial charge in [0.25, 0.3) is 0 Å². The largest absolute Gasteiger partial charge is 0.302 e. The van der Waals surface area contributed by atoms with E-state index >= 15 is 0 Å². The van der Waals surface area contributed by atoms with Gasteiger partial charge in [-0.3, -0.25) is 4.90 Å². The van der Waals surface area contributed by atoms with Crippen molar-refractivity contribution in [2.45, 2.75) is 64.0 Å². The molecule has 1 aromatic rings. The molecule has 0 unspecified atom stereocenters.